The largest absolute Gasteiger partial charge is 0.339 e. The lowest BCUT2D eigenvalue weighted by molar-refractivity contribution is -0.163. The van der Waals surface area contributed by atoms with Crippen molar-refractivity contribution < 1.29 is 9.59 Å². The fourth-order valence-electron chi connectivity index (χ4n) is 3.28. The Balaban J connectivity index is 1.80. The number of nitrogens with zero attached hydrogens (tertiary/aromatic N) is 3. The summed E-state index contributed by atoms with van der Waals surface area (Å²) >= 11 is 1.79. The quantitative estimate of drug-likeness (QED) is 0.821. The van der Waals surface area contributed by atoms with E-state index in [4.69, 9.17) is 0 Å². The van der Waals surface area contributed by atoms with E-state index in [2.05, 4.69) is 6.92 Å². The Labute approximate surface area is 147 Å². The van der Waals surface area contributed by atoms with Gasteiger partial charge >= 0.3 is 6.03 Å². The first-order chi connectivity index (χ1) is 11.6. The molecule has 2 heterocycles. The van der Waals surface area contributed by atoms with Crippen molar-refractivity contribution >= 4 is 23.7 Å². The molecule has 3 rings (SSSR count). The van der Waals surface area contributed by atoms with Crippen LogP contribution in [0.3, 0.4) is 0 Å². The van der Waals surface area contributed by atoms with Crippen molar-refractivity contribution in [1.82, 2.24) is 14.9 Å². The Bertz CT molecular complexity index is 595. The van der Waals surface area contributed by atoms with Crippen LogP contribution in [0.2, 0.25) is 0 Å². The van der Waals surface area contributed by atoms with Crippen molar-refractivity contribution in [2.24, 2.45) is 0 Å². The van der Waals surface area contributed by atoms with Crippen LogP contribution < -0.4 is 0 Å². The van der Waals surface area contributed by atoms with E-state index in [1.165, 1.54) is 0 Å². The fourth-order valence-corrected chi connectivity index (χ4v) is 4.48. The molecule has 2 atom stereocenters. The number of benzene rings is 1. The number of hydrazine groups is 1. The molecular formula is C18H25N3O2S. The van der Waals surface area contributed by atoms with E-state index in [9.17, 15) is 9.59 Å². The smallest absolute Gasteiger partial charge is 0.307 e. The van der Waals surface area contributed by atoms with Crippen LogP contribution in [0.4, 0.5) is 4.79 Å². The normalized spacial score (nSPS) is 24.3. The molecular weight excluding hydrogens is 322 g/mol. The SMILES string of the molecule is CCCSC1CCCN2C(=O)N(Cc3ccccc3)[C@@H](C)C(=O)N12. The van der Waals surface area contributed by atoms with Gasteiger partial charge in [0.2, 0.25) is 0 Å². The van der Waals surface area contributed by atoms with E-state index in [0.717, 1.165) is 30.6 Å². The lowest BCUT2D eigenvalue weighted by atomic mass is 10.1. The Hall–Kier alpha value is -1.69. The summed E-state index contributed by atoms with van der Waals surface area (Å²) in [5.74, 6) is 1.05. The standard InChI is InChI=1S/C18H25N3O2S/c1-3-12-24-16-10-7-11-20-18(23)19(14(2)17(22)21(16)20)13-15-8-5-4-6-9-15/h4-6,8-9,14,16H,3,7,10-13H2,1-2H3/t14-,16?/m0/s1. The molecule has 0 saturated carbocycles. The molecule has 2 aliphatic rings. The van der Waals surface area contributed by atoms with E-state index in [-0.39, 0.29) is 17.3 Å². The minimum atomic E-state index is -0.420. The molecule has 0 N–H and O–H groups in total. The molecule has 130 valence electrons. The highest BCUT2D eigenvalue weighted by Gasteiger charge is 2.46. The van der Waals surface area contributed by atoms with Crippen LogP contribution in [0, 0.1) is 0 Å². The predicted octanol–water partition coefficient (Wildman–Crippen LogP) is 3.32. The van der Waals surface area contributed by atoms with Crippen LogP contribution in [0.15, 0.2) is 30.3 Å². The molecule has 6 heteroatoms. The molecule has 0 aliphatic carbocycles. The van der Waals surface area contributed by atoms with Crippen molar-refractivity contribution in [2.75, 3.05) is 12.3 Å². The number of hydrogen-bond donors (Lipinski definition) is 0. The van der Waals surface area contributed by atoms with Gasteiger partial charge in [0.25, 0.3) is 5.91 Å². The summed E-state index contributed by atoms with van der Waals surface area (Å²) in [6.45, 7) is 5.09. The van der Waals surface area contributed by atoms with Gasteiger partial charge in [-0.05, 0) is 37.5 Å². The second-order valence-corrected chi connectivity index (χ2v) is 7.63. The molecule has 1 unspecified atom stereocenters. The summed E-state index contributed by atoms with van der Waals surface area (Å²) in [7, 11) is 0. The summed E-state index contributed by atoms with van der Waals surface area (Å²) < 4.78 is 0. The lowest BCUT2D eigenvalue weighted by Crippen LogP contribution is -2.69. The summed E-state index contributed by atoms with van der Waals surface area (Å²) in [5, 5.41) is 3.50. The minimum Gasteiger partial charge on any atom is -0.307 e. The van der Waals surface area contributed by atoms with Gasteiger partial charge in [0.15, 0.2) is 0 Å². The van der Waals surface area contributed by atoms with Gasteiger partial charge in [-0.3, -0.25) is 4.79 Å². The monoisotopic (exact) mass is 347 g/mol. The molecule has 2 aliphatic heterocycles. The van der Waals surface area contributed by atoms with Gasteiger partial charge in [0.1, 0.15) is 6.04 Å². The maximum Gasteiger partial charge on any atom is 0.339 e. The topological polar surface area (TPSA) is 43.9 Å². The van der Waals surface area contributed by atoms with Gasteiger partial charge in [-0.25, -0.2) is 14.8 Å². The van der Waals surface area contributed by atoms with Crippen LogP contribution in [-0.2, 0) is 11.3 Å². The zero-order valence-corrected chi connectivity index (χ0v) is 15.2. The Morgan fingerprint density at radius 2 is 1.96 bits per heavy atom. The van der Waals surface area contributed by atoms with E-state index in [1.807, 2.05) is 37.3 Å². The molecule has 5 nitrogen and oxygen atoms in total. The van der Waals surface area contributed by atoms with Crippen molar-refractivity contribution in [3.8, 4) is 0 Å². The predicted molar refractivity (Wildman–Crippen MR) is 96.2 cm³/mol. The molecule has 0 bridgehead atoms. The lowest BCUT2D eigenvalue weighted by Gasteiger charge is -2.51. The number of carbonyl (C=O) groups excluding carboxylic acids is 2. The van der Waals surface area contributed by atoms with Crippen molar-refractivity contribution in [3.05, 3.63) is 35.9 Å². The zero-order valence-electron chi connectivity index (χ0n) is 14.4. The zero-order chi connectivity index (χ0) is 17.1. The molecule has 3 amide bonds. The van der Waals surface area contributed by atoms with Gasteiger partial charge in [0, 0.05) is 13.1 Å². The van der Waals surface area contributed by atoms with Crippen LogP contribution in [-0.4, -0.2) is 50.6 Å². The average Bonchev–Trinajstić information content (AvgIpc) is 2.62. The first kappa shape index (κ1) is 17.1. The first-order valence-electron chi connectivity index (χ1n) is 8.70. The molecule has 0 radical (unpaired) electrons. The van der Waals surface area contributed by atoms with Gasteiger partial charge in [-0.2, -0.15) is 0 Å². The fraction of sp³-hybridized carbons (Fsp3) is 0.556. The second-order valence-electron chi connectivity index (χ2n) is 6.35. The summed E-state index contributed by atoms with van der Waals surface area (Å²) in [5.41, 5.74) is 1.05. The molecule has 0 aromatic heterocycles. The highest BCUT2D eigenvalue weighted by atomic mass is 32.2. The maximum absolute atomic E-state index is 13.0. The van der Waals surface area contributed by atoms with Crippen LogP contribution in [0.5, 0.6) is 0 Å². The highest BCUT2D eigenvalue weighted by Crippen LogP contribution is 2.33. The van der Waals surface area contributed by atoms with E-state index in [0.29, 0.717) is 13.1 Å². The Kier molecular flexibility index (Phi) is 5.33. The van der Waals surface area contributed by atoms with Crippen LogP contribution in [0.1, 0.15) is 38.7 Å². The van der Waals surface area contributed by atoms with E-state index in [1.54, 1.807) is 26.7 Å². The molecule has 2 fully saturated rings. The van der Waals surface area contributed by atoms with Crippen molar-refractivity contribution in [3.63, 3.8) is 0 Å². The van der Waals surface area contributed by atoms with E-state index >= 15 is 0 Å². The van der Waals surface area contributed by atoms with Gasteiger partial charge < -0.3 is 4.90 Å². The third kappa shape index (κ3) is 3.24. The van der Waals surface area contributed by atoms with Crippen molar-refractivity contribution in [1.29, 1.82) is 0 Å². The molecule has 1 aromatic rings. The maximum atomic E-state index is 13.0. The molecule has 24 heavy (non-hydrogen) atoms. The number of rotatable bonds is 5. The number of fused-ring (bicyclic) bond motifs is 1. The van der Waals surface area contributed by atoms with Crippen molar-refractivity contribution in [2.45, 2.75) is 51.1 Å². The number of hydrogen-bond acceptors (Lipinski definition) is 3. The van der Waals surface area contributed by atoms with Gasteiger partial charge in [-0.1, -0.05) is 37.3 Å². The Morgan fingerprint density at radius 1 is 1.21 bits per heavy atom. The number of amides is 3. The number of urea groups is 1. The highest BCUT2D eigenvalue weighted by molar-refractivity contribution is 7.99. The third-order valence-electron chi connectivity index (χ3n) is 4.58. The summed E-state index contributed by atoms with van der Waals surface area (Å²) in [6.07, 6.45) is 2.99. The van der Waals surface area contributed by atoms with Crippen LogP contribution in [0.25, 0.3) is 0 Å². The molecule has 2 saturated heterocycles. The third-order valence-corrected chi connectivity index (χ3v) is 6.05. The summed E-state index contributed by atoms with van der Waals surface area (Å²) in [4.78, 5) is 27.6. The minimum absolute atomic E-state index is 0.0406. The first-order valence-corrected chi connectivity index (χ1v) is 9.75. The molecule has 0 spiro atoms. The molecule has 1 aromatic carbocycles. The second kappa shape index (κ2) is 7.47. The summed E-state index contributed by atoms with van der Waals surface area (Å²) in [6, 6.07) is 9.39. The Morgan fingerprint density at radius 3 is 2.67 bits per heavy atom. The van der Waals surface area contributed by atoms with Gasteiger partial charge in [-0.15, -0.1) is 11.8 Å². The number of carbonyl (C=O) groups is 2. The van der Waals surface area contributed by atoms with E-state index < -0.39 is 6.04 Å². The average molecular weight is 347 g/mol. The van der Waals surface area contributed by atoms with Crippen LogP contribution >= 0.6 is 11.8 Å². The number of thioether (sulfide) groups is 1. The van der Waals surface area contributed by atoms with Gasteiger partial charge in [0.05, 0.1) is 5.37 Å².